The van der Waals surface area contributed by atoms with Crippen LogP contribution in [0, 0.1) is 0 Å². The summed E-state index contributed by atoms with van der Waals surface area (Å²) in [5, 5.41) is 7.25. The molecule has 2 aliphatic rings. The minimum Gasteiger partial charge on any atom is -0.376 e. The number of aromatic amines is 1. The standard InChI is InChI=1S/C14H21N3O2/c1-2-10-5-3-4-7-17(10)14(18)13-11-9-19-8-6-12(11)15-16-13/h10H,2-9H2,1H3,(H,15,16). The number of hydrogen-bond acceptors (Lipinski definition) is 3. The summed E-state index contributed by atoms with van der Waals surface area (Å²) in [4.78, 5) is 14.7. The van der Waals surface area contributed by atoms with E-state index in [1.165, 1.54) is 6.42 Å². The van der Waals surface area contributed by atoms with E-state index in [-0.39, 0.29) is 5.91 Å². The third-order valence-electron chi connectivity index (χ3n) is 4.26. The lowest BCUT2D eigenvalue weighted by Gasteiger charge is -2.35. The Bertz CT molecular complexity index is 469. The second kappa shape index (κ2) is 5.33. The molecule has 0 saturated carbocycles. The van der Waals surface area contributed by atoms with Crippen LogP contribution in [0.1, 0.15) is 54.4 Å². The number of piperidine rings is 1. The monoisotopic (exact) mass is 263 g/mol. The summed E-state index contributed by atoms with van der Waals surface area (Å²) in [5.41, 5.74) is 2.62. The van der Waals surface area contributed by atoms with E-state index in [1.54, 1.807) is 0 Å². The van der Waals surface area contributed by atoms with Crippen LogP contribution in [0.4, 0.5) is 0 Å². The summed E-state index contributed by atoms with van der Waals surface area (Å²) in [6.45, 7) is 4.24. The van der Waals surface area contributed by atoms with Gasteiger partial charge in [0.15, 0.2) is 5.69 Å². The van der Waals surface area contributed by atoms with Crippen LogP contribution in [0.3, 0.4) is 0 Å². The number of carbonyl (C=O) groups is 1. The lowest BCUT2D eigenvalue weighted by molar-refractivity contribution is 0.0591. The van der Waals surface area contributed by atoms with Gasteiger partial charge in [0.05, 0.1) is 13.2 Å². The number of ether oxygens (including phenoxy) is 1. The zero-order valence-corrected chi connectivity index (χ0v) is 11.4. The first-order chi connectivity index (χ1) is 9.31. The molecule has 1 aromatic rings. The van der Waals surface area contributed by atoms with Crippen LogP contribution in [0.25, 0.3) is 0 Å². The van der Waals surface area contributed by atoms with Gasteiger partial charge in [-0.1, -0.05) is 6.92 Å². The molecule has 1 fully saturated rings. The highest BCUT2D eigenvalue weighted by molar-refractivity contribution is 5.94. The number of aromatic nitrogens is 2. The molecule has 1 N–H and O–H groups in total. The van der Waals surface area contributed by atoms with Crippen molar-refractivity contribution < 1.29 is 9.53 Å². The predicted octanol–water partition coefficient (Wildman–Crippen LogP) is 1.89. The van der Waals surface area contributed by atoms with Crippen molar-refractivity contribution in [1.29, 1.82) is 0 Å². The lowest BCUT2D eigenvalue weighted by Crippen LogP contribution is -2.43. The highest BCUT2D eigenvalue weighted by Crippen LogP contribution is 2.24. The highest BCUT2D eigenvalue weighted by Gasteiger charge is 2.30. The van der Waals surface area contributed by atoms with E-state index in [4.69, 9.17) is 4.74 Å². The fraction of sp³-hybridized carbons (Fsp3) is 0.714. The van der Waals surface area contributed by atoms with Crippen LogP contribution >= 0.6 is 0 Å². The minimum absolute atomic E-state index is 0.0783. The summed E-state index contributed by atoms with van der Waals surface area (Å²) < 4.78 is 5.45. The largest absolute Gasteiger partial charge is 0.376 e. The van der Waals surface area contributed by atoms with Crippen molar-refractivity contribution in [2.24, 2.45) is 0 Å². The molecule has 0 aliphatic carbocycles. The average molecular weight is 263 g/mol. The molecule has 1 atom stereocenters. The van der Waals surface area contributed by atoms with Crippen LogP contribution in [-0.2, 0) is 17.8 Å². The summed E-state index contributed by atoms with van der Waals surface area (Å²) in [5.74, 6) is 0.0783. The van der Waals surface area contributed by atoms with Crippen LogP contribution in [0.5, 0.6) is 0 Å². The number of rotatable bonds is 2. The Morgan fingerprint density at radius 3 is 3.26 bits per heavy atom. The number of H-pyrrole nitrogens is 1. The number of fused-ring (bicyclic) bond motifs is 1. The van der Waals surface area contributed by atoms with E-state index in [0.29, 0.717) is 24.9 Å². The van der Waals surface area contributed by atoms with Gasteiger partial charge in [-0.2, -0.15) is 5.10 Å². The smallest absolute Gasteiger partial charge is 0.274 e. The Hall–Kier alpha value is -1.36. The van der Waals surface area contributed by atoms with Crippen LogP contribution in [0.15, 0.2) is 0 Å². The summed E-state index contributed by atoms with van der Waals surface area (Å²) in [6.07, 6.45) is 5.29. The van der Waals surface area contributed by atoms with Crippen LogP contribution in [0.2, 0.25) is 0 Å². The fourth-order valence-corrected chi connectivity index (χ4v) is 3.12. The zero-order valence-electron chi connectivity index (χ0n) is 11.4. The molecule has 104 valence electrons. The van der Waals surface area contributed by atoms with E-state index in [2.05, 4.69) is 17.1 Å². The molecule has 3 rings (SSSR count). The van der Waals surface area contributed by atoms with Gasteiger partial charge in [0, 0.05) is 30.3 Å². The zero-order chi connectivity index (χ0) is 13.2. The molecule has 1 amide bonds. The predicted molar refractivity (Wildman–Crippen MR) is 70.9 cm³/mol. The minimum atomic E-state index is 0.0783. The van der Waals surface area contributed by atoms with E-state index < -0.39 is 0 Å². The highest BCUT2D eigenvalue weighted by atomic mass is 16.5. The molecular weight excluding hydrogens is 242 g/mol. The van der Waals surface area contributed by atoms with Crippen LogP contribution < -0.4 is 0 Å². The molecule has 1 saturated heterocycles. The molecule has 0 radical (unpaired) electrons. The van der Waals surface area contributed by atoms with Gasteiger partial charge in [-0.15, -0.1) is 0 Å². The van der Waals surface area contributed by atoms with Gasteiger partial charge in [0.25, 0.3) is 5.91 Å². The second-order valence-corrected chi connectivity index (χ2v) is 5.39. The maximum atomic E-state index is 12.7. The van der Waals surface area contributed by atoms with Gasteiger partial charge < -0.3 is 9.64 Å². The van der Waals surface area contributed by atoms with Gasteiger partial charge in [-0.25, -0.2) is 0 Å². The van der Waals surface area contributed by atoms with Crippen LogP contribution in [-0.4, -0.2) is 40.2 Å². The van der Waals surface area contributed by atoms with Crippen molar-refractivity contribution in [1.82, 2.24) is 15.1 Å². The Labute approximate surface area is 113 Å². The number of amides is 1. The first-order valence-corrected chi connectivity index (χ1v) is 7.26. The molecule has 5 nitrogen and oxygen atoms in total. The number of nitrogens with one attached hydrogen (secondary N) is 1. The van der Waals surface area contributed by atoms with Crippen molar-refractivity contribution in [2.45, 2.75) is 51.7 Å². The number of nitrogens with zero attached hydrogens (tertiary/aromatic N) is 2. The quantitative estimate of drug-likeness (QED) is 0.886. The van der Waals surface area contributed by atoms with Crippen molar-refractivity contribution >= 4 is 5.91 Å². The number of likely N-dealkylation sites (tertiary alicyclic amines) is 1. The Kier molecular flexibility index (Phi) is 3.55. The van der Waals surface area contributed by atoms with Gasteiger partial charge in [0.2, 0.25) is 0 Å². The normalized spacial score (nSPS) is 23.2. The van der Waals surface area contributed by atoms with Crippen molar-refractivity contribution in [3.8, 4) is 0 Å². The second-order valence-electron chi connectivity index (χ2n) is 5.39. The lowest BCUT2D eigenvalue weighted by atomic mass is 9.99. The molecule has 0 spiro atoms. The topological polar surface area (TPSA) is 58.2 Å². The third kappa shape index (κ3) is 2.27. The van der Waals surface area contributed by atoms with Gasteiger partial charge in [-0.05, 0) is 25.7 Å². The van der Waals surface area contributed by atoms with Crippen molar-refractivity contribution in [3.05, 3.63) is 17.0 Å². The van der Waals surface area contributed by atoms with E-state index >= 15 is 0 Å². The molecule has 5 heteroatoms. The van der Waals surface area contributed by atoms with Crippen molar-refractivity contribution in [2.75, 3.05) is 13.2 Å². The maximum Gasteiger partial charge on any atom is 0.274 e. The summed E-state index contributed by atoms with van der Waals surface area (Å²) in [6, 6.07) is 0.373. The molecule has 2 aliphatic heterocycles. The fourth-order valence-electron chi connectivity index (χ4n) is 3.12. The van der Waals surface area contributed by atoms with E-state index in [1.807, 2.05) is 4.90 Å². The van der Waals surface area contributed by atoms with Gasteiger partial charge in [-0.3, -0.25) is 9.89 Å². The number of hydrogen-bond donors (Lipinski definition) is 1. The first kappa shape index (κ1) is 12.7. The Morgan fingerprint density at radius 2 is 2.42 bits per heavy atom. The first-order valence-electron chi connectivity index (χ1n) is 7.26. The Morgan fingerprint density at radius 1 is 1.53 bits per heavy atom. The molecule has 19 heavy (non-hydrogen) atoms. The third-order valence-corrected chi connectivity index (χ3v) is 4.26. The molecule has 0 aromatic carbocycles. The maximum absolute atomic E-state index is 12.7. The van der Waals surface area contributed by atoms with Gasteiger partial charge in [0.1, 0.15) is 0 Å². The van der Waals surface area contributed by atoms with E-state index in [0.717, 1.165) is 43.5 Å². The van der Waals surface area contributed by atoms with Crippen molar-refractivity contribution in [3.63, 3.8) is 0 Å². The molecule has 1 aromatic heterocycles. The molecule has 3 heterocycles. The number of carbonyl (C=O) groups excluding carboxylic acids is 1. The summed E-state index contributed by atoms with van der Waals surface area (Å²) >= 11 is 0. The average Bonchev–Trinajstić information content (AvgIpc) is 2.90. The van der Waals surface area contributed by atoms with Gasteiger partial charge >= 0.3 is 0 Å². The molecule has 1 unspecified atom stereocenters. The summed E-state index contributed by atoms with van der Waals surface area (Å²) in [7, 11) is 0. The molecule has 0 bridgehead atoms. The SMILES string of the molecule is CCC1CCCCN1C(=O)c1n[nH]c2c1COCC2. The Balaban J connectivity index is 1.84. The molecular formula is C14H21N3O2. The van der Waals surface area contributed by atoms with E-state index in [9.17, 15) is 4.79 Å².